The molecule has 0 aliphatic heterocycles. The number of esters is 1. The molecule has 0 radical (unpaired) electrons. The predicted octanol–water partition coefficient (Wildman–Crippen LogP) is 2.83. The van der Waals surface area contributed by atoms with Crippen molar-refractivity contribution in [3.63, 3.8) is 0 Å². The fraction of sp³-hybridized carbons (Fsp3) is 0.375. The van der Waals surface area contributed by atoms with Gasteiger partial charge in [-0.25, -0.2) is 4.39 Å². The zero-order valence-corrected chi connectivity index (χ0v) is 16.0. The molecule has 0 saturated heterocycles. The highest BCUT2D eigenvalue weighted by Crippen LogP contribution is 2.24. The van der Waals surface area contributed by atoms with E-state index in [1.807, 2.05) is 0 Å². The average molecular weight is 401 g/mol. The largest absolute Gasteiger partial charge is 0.466 e. The van der Waals surface area contributed by atoms with Crippen molar-refractivity contribution in [2.75, 3.05) is 11.9 Å². The van der Waals surface area contributed by atoms with Crippen molar-refractivity contribution in [2.24, 2.45) is 7.05 Å². The van der Waals surface area contributed by atoms with Gasteiger partial charge in [-0.15, -0.1) is 10.2 Å². The molecule has 1 atom stereocenters. The summed E-state index contributed by atoms with van der Waals surface area (Å²) >= 11 is 6.89. The minimum absolute atomic E-state index is 0.00650. The summed E-state index contributed by atoms with van der Waals surface area (Å²) in [6, 6.07) is 3.95. The number of hydrogen-bond acceptors (Lipinski definition) is 6. The lowest BCUT2D eigenvalue weighted by atomic mass is 10.3. The van der Waals surface area contributed by atoms with E-state index < -0.39 is 17.0 Å². The third-order valence-corrected chi connectivity index (χ3v) is 4.80. The smallest absolute Gasteiger partial charge is 0.313 e. The molecule has 2 rings (SSSR count). The summed E-state index contributed by atoms with van der Waals surface area (Å²) in [6.07, 6.45) is 0.00650. The van der Waals surface area contributed by atoms with Crippen molar-refractivity contribution < 1.29 is 18.7 Å². The van der Waals surface area contributed by atoms with Gasteiger partial charge in [0.05, 0.1) is 16.9 Å². The first kappa shape index (κ1) is 20.2. The first-order valence-corrected chi connectivity index (χ1v) is 9.04. The van der Waals surface area contributed by atoms with Gasteiger partial charge < -0.3 is 14.6 Å². The van der Waals surface area contributed by atoms with Gasteiger partial charge in [-0.05, 0) is 32.0 Å². The third kappa shape index (κ3) is 5.18. The van der Waals surface area contributed by atoms with E-state index in [2.05, 4.69) is 15.5 Å². The van der Waals surface area contributed by atoms with Crippen LogP contribution in [-0.2, 0) is 27.8 Å². The highest BCUT2D eigenvalue weighted by atomic mass is 35.5. The second-order valence-electron chi connectivity index (χ2n) is 5.32. The summed E-state index contributed by atoms with van der Waals surface area (Å²) in [5.74, 6) is -0.796. The minimum atomic E-state index is -0.555. The number of anilines is 1. The van der Waals surface area contributed by atoms with Gasteiger partial charge in [0.25, 0.3) is 0 Å². The van der Waals surface area contributed by atoms with Crippen LogP contribution in [0.2, 0.25) is 5.02 Å². The van der Waals surface area contributed by atoms with E-state index in [4.69, 9.17) is 16.3 Å². The van der Waals surface area contributed by atoms with Crippen molar-refractivity contribution in [1.82, 2.24) is 14.8 Å². The monoisotopic (exact) mass is 400 g/mol. The van der Waals surface area contributed by atoms with Crippen LogP contribution in [0.5, 0.6) is 0 Å². The second-order valence-corrected chi connectivity index (χ2v) is 7.03. The molecule has 0 saturated carbocycles. The van der Waals surface area contributed by atoms with Gasteiger partial charge in [-0.1, -0.05) is 23.4 Å². The number of ether oxygens (including phenoxy) is 1. The third-order valence-electron chi connectivity index (χ3n) is 3.37. The van der Waals surface area contributed by atoms with Gasteiger partial charge >= 0.3 is 5.97 Å². The summed E-state index contributed by atoms with van der Waals surface area (Å²) in [6.45, 7) is 3.72. The van der Waals surface area contributed by atoms with Crippen LogP contribution < -0.4 is 5.32 Å². The van der Waals surface area contributed by atoms with Gasteiger partial charge in [0.2, 0.25) is 5.91 Å². The van der Waals surface area contributed by atoms with Gasteiger partial charge in [-0.2, -0.15) is 0 Å². The number of rotatable bonds is 7. The van der Waals surface area contributed by atoms with E-state index in [1.54, 1.807) is 25.5 Å². The second kappa shape index (κ2) is 9.00. The molecule has 0 aliphatic rings. The number of amides is 1. The van der Waals surface area contributed by atoms with Crippen LogP contribution in [0.4, 0.5) is 10.1 Å². The average Bonchev–Trinajstić information content (AvgIpc) is 2.91. The van der Waals surface area contributed by atoms with Crippen LogP contribution in [0.1, 0.15) is 19.7 Å². The van der Waals surface area contributed by atoms with Crippen LogP contribution in [0, 0.1) is 5.82 Å². The lowest BCUT2D eigenvalue weighted by Gasteiger charge is -2.12. The Morgan fingerprint density at radius 2 is 2.15 bits per heavy atom. The van der Waals surface area contributed by atoms with Crippen LogP contribution in [-0.4, -0.2) is 38.5 Å². The number of hydrogen-bond donors (Lipinski definition) is 1. The maximum Gasteiger partial charge on any atom is 0.313 e. The van der Waals surface area contributed by atoms with Crippen molar-refractivity contribution in [3.05, 3.63) is 34.9 Å². The Morgan fingerprint density at radius 1 is 1.42 bits per heavy atom. The van der Waals surface area contributed by atoms with Crippen molar-refractivity contribution in [1.29, 1.82) is 0 Å². The van der Waals surface area contributed by atoms with E-state index >= 15 is 0 Å². The minimum Gasteiger partial charge on any atom is -0.466 e. The lowest BCUT2D eigenvalue weighted by molar-refractivity contribution is -0.142. The summed E-state index contributed by atoms with van der Waals surface area (Å²) in [7, 11) is 1.71. The van der Waals surface area contributed by atoms with Crippen molar-refractivity contribution >= 4 is 40.9 Å². The Bertz CT molecular complexity index is 815. The Kier molecular flexibility index (Phi) is 6.98. The molecule has 7 nitrogen and oxygen atoms in total. The van der Waals surface area contributed by atoms with Crippen LogP contribution in [0.25, 0.3) is 0 Å². The first-order chi connectivity index (χ1) is 12.3. The summed E-state index contributed by atoms with van der Waals surface area (Å²) in [4.78, 5) is 23.8. The summed E-state index contributed by atoms with van der Waals surface area (Å²) in [5, 5.41) is 10.5. The Labute approximate surface area is 159 Å². The SMILES string of the molecule is CCOC(=O)Cc1nnc(S[C@@H](C)C(=O)Nc2ccc(F)c(Cl)c2)n1C. The number of carbonyl (C=O) groups excluding carboxylic acids is 2. The fourth-order valence-electron chi connectivity index (χ4n) is 1.97. The van der Waals surface area contributed by atoms with E-state index in [0.717, 1.165) is 0 Å². The maximum atomic E-state index is 13.2. The number of carbonyl (C=O) groups is 2. The molecular weight excluding hydrogens is 383 g/mol. The zero-order valence-electron chi connectivity index (χ0n) is 14.5. The molecule has 1 aromatic carbocycles. The van der Waals surface area contributed by atoms with Crippen LogP contribution >= 0.6 is 23.4 Å². The van der Waals surface area contributed by atoms with Crippen molar-refractivity contribution in [3.8, 4) is 0 Å². The summed E-state index contributed by atoms with van der Waals surface area (Å²) in [5.41, 5.74) is 0.398. The molecule has 0 bridgehead atoms. The Hall–Kier alpha value is -2.13. The molecular formula is C16H18ClFN4O3S. The predicted molar refractivity (Wildman–Crippen MR) is 96.7 cm³/mol. The molecule has 0 aliphatic carbocycles. The van der Waals surface area contributed by atoms with Gasteiger partial charge in [0.15, 0.2) is 5.16 Å². The molecule has 0 fully saturated rings. The molecule has 1 N–H and O–H groups in total. The molecule has 1 heterocycles. The number of halogens is 2. The summed E-state index contributed by atoms with van der Waals surface area (Å²) < 4.78 is 19.7. The molecule has 10 heteroatoms. The zero-order chi connectivity index (χ0) is 19.3. The topological polar surface area (TPSA) is 86.1 Å². The van der Waals surface area contributed by atoms with E-state index in [1.165, 1.54) is 30.0 Å². The molecule has 1 amide bonds. The van der Waals surface area contributed by atoms with E-state index in [9.17, 15) is 14.0 Å². The number of nitrogens with zero attached hydrogens (tertiary/aromatic N) is 3. The Morgan fingerprint density at radius 3 is 2.81 bits per heavy atom. The van der Waals surface area contributed by atoms with Crippen LogP contribution in [0.15, 0.2) is 23.4 Å². The molecule has 1 aromatic heterocycles. The standard InChI is InChI=1S/C16H18ClFN4O3S/c1-4-25-14(23)8-13-20-21-16(22(13)3)26-9(2)15(24)19-10-5-6-12(18)11(17)7-10/h5-7,9H,4,8H2,1-3H3,(H,19,24)/t9-/m0/s1. The lowest BCUT2D eigenvalue weighted by Crippen LogP contribution is -2.23. The fourth-order valence-corrected chi connectivity index (χ4v) is 2.99. The number of benzene rings is 1. The van der Waals surface area contributed by atoms with Crippen molar-refractivity contribution in [2.45, 2.75) is 30.7 Å². The Balaban J connectivity index is 1.99. The van der Waals surface area contributed by atoms with E-state index in [0.29, 0.717) is 23.3 Å². The molecule has 0 unspecified atom stereocenters. The molecule has 26 heavy (non-hydrogen) atoms. The molecule has 2 aromatic rings. The van der Waals surface area contributed by atoms with Gasteiger partial charge in [-0.3, -0.25) is 9.59 Å². The first-order valence-electron chi connectivity index (χ1n) is 7.78. The van der Waals surface area contributed by atoms with Crippen LogP contribution in [0.3, 0.4) is 0 Å². The van der Waals surface area contributed by atoms with E-state index in [-0.39, 0.29) is 17.4 Å². The number of thioether (sulfide) groups is 1. The number of aromatic nitrogens is 3. The highest BCUT2D eigenvalue weighted by Gasteiger charge is 2.20. The molecule has 0 spiro atoms. The highest BCUT2D eigenvalue weighted by molar-refractivity contribution is 8.00. The quantitative estimate of drug-likeness (QED) is 0.568. The normalized spacial score (nSPS) is 11.9. The molecule has 140 valence electrons. The maximum absolute atomic E-state index is 13.2. The number of nitrogens with one attached hydrogen (secondary N) is 1. The van der Waals surface area contributed by atoms with Gasteiger partial charge in [0, 0.05) is 12.7 Å². The van der Waals surface area contributed by atoms with Gasteiger partial charge in [0.1, 0.15) is 18.1 Å².